The molecular weight excluding hydrogens is 428 g/mol. The predicted octanol–water partition coefficient (Wildman–Crippen LogP) is 3.60. The van der Waals surface area contributed by atoms with Crippen LogP contribution in [-0.4, -0.2) is 27.7 Å². The minimum Gasteiger partial charge on any atom is -0.280 e. The molecule has 9 heteroatoms. The highest BCUT2D eigenvalue weighted by Crippen LogP contribution is 2.29. The first-order valence-corrected chi connectivity index (χ1v) is 12.8. The minimum absolute atomic E-state index is 0.183. The first-order valence-electron chi connectivity index (χ1n) is 9.01. The monoisotopic (exact) mass is 448 g/mol. The van der Waals surface area contributed by atoms with E-state index >= 15 is 0 Å². The number of nitrogens with one attached hydrogen (secondary N) is 1. The fourth-order valence-electron chi connectivity index (χ4n) is 3.27. The van der Waals surface area contributed by atoms with Gasteiger partial charge in [-0.3, -0.25) is 4.72 Å². The third kappa shape index (κ3) is 4.09. The Morgan fingerprint density at radius 2 is 1.72 bits per heavy atom. The Morgan fingerprint density at radius 1 is 0.966 bits per heavy atom. The summed E-state index contributed by atoms with van der Waals surface area (Å²) >= 11 is 1.19. The van der Waals surface area contributed by atoms with Gasteiger partial charge in [-0.25, -0.2) is 16.8 Å². The van der Waals surface area contributed by atoms with Gasteiger partial charge in [0, 0.05) is 18.8 Å². The normalized spacial score (nSPS) is 15.1. The number of rotatable bonds is 5. The summed E-state index contributed by atoms with van der Waals surface area (Å²) in [5, 5.41) is 1.74. The van der Waals surface area contributed by atoms with Gasteiger partial charge in [-0.05, 0) is 60.2 Å². The molecule has 29 heavy (non-hydrogen) atoms. The molecule has 0 atom stereocenters. The number of aryl methyl sites for hydroxylation is 1. The van der Waals surface area contributed by atoms with Gasteiger partial charge in [-0.1, -0.05) is 29.8 Å². The predicted molar refractivity (Wildman–Crippen MR) is 114 cm³/mol. The second-order valence-corrected chi connectivity index (χ2v) is 11.7. The van der Waals surface area contributed by atoms with E-state index in [1.54, 1.807) is 53.9 Å². The number of nitrogens with zero attached hydrogens (tertiary/aromatic N) is 1. The zero-order chi connectivity index (χ0) is 20.6. The molecule has 2 aromatic carbocycles. The van der Waals surface area contributed by atoms with Crippen LogP contribution in [0.25, 0.3) is 0 Å². The van der Waals surface area contributed by atoms with Crippen molar-refractivity contribution in [3.8, 4) is 0 Å². The average Bonchev–Trinajstić information content (AvgIpc) is 3.23. The van der Waals surface area contributed by atoms with E-state index in [9.17, 15) is 16.8 Å². The van der Waals surface area contributed by atoms with Gasteiger partial charge in [0.25, 0.3) is 20.0 Å². The fraction of sp³-hybridized carbons (Fsp3) is 0.200. The van der Waals surface area contributed by atoms with Crippen LogP contribution in [0.3, 0.4) is 0 Å². The van der Waals surface area contributed by atoms with Gasteiger partial charge < -0.3 is 0 Å². The molecular formula is C20H20N2O4S3. The summed E-state index contributed by atoms with van der Waals surface area (Å²) in [6, 6.07) is 15.2. The lowest BCUT2D eigenvalue weighted by Gasteiger charge is -2.28. The summed E-state index contributed by atoms with van der Waals surface area (Å²) in [6.45, 7) is 2.51. The Morgan fingerprint density at radius 3 is 2.41 bits per heavy atom. The van der Waals surface area contributed by atoms with Gasteiger partial charge in [0.2, 0.25) is 0 Å². The highest BCUT2D eigenvalue weighted by Gasteiger charge is 2.29. The van der Waals surface area contributed by atoms with Crippen LogP contribution in [-0.2, 0) is 33.0 Å². The summed E-state index contributed by atoms with van der Waals surface area (Å²) in [4.78, 5) is 0.183. The molecule has 0 spiro atoms. The molecule has 4 rings (SSSR count). The van der Waals surface area contributed by atoms with E-state index in [1.807, 2.05) is 13.0 Å². The maximum atomic E-state index is 12.8. The van der Waals surface area contributed by atoms with E-state index in [0.29, 0.717) is 22.9 Å². The van der Waals surface area contributed by atoms with Crippen LogP contribution in [0, 0.1) is 6.92 Å². The molecule has 3 aromatic rings. The molecule has 0 bridgehead atoms. The fourth-order valence-corrected chi connectivity index (χ4v) is 6.88. The lowest BCUT2D eigenvalue weighted by Crippen LogP contribution is -2.35. The quantitative estimate of drug-likeness (QED) is 0.646. The van der Waals surface area contributed by atoms with Crippen molar-refractivity contribution in [3.63, 3.8) is 0 Å². The first kappa shape index (κ1) is 20.1. The van der Waals surface area contributed by atoms with Crippen LogP contribution in [0.2, 0.25) is 0 Å². The number of benzene rings is 2. The van der Waals surface area contributed by atoms with Gasteiger partial charge in [0.1, 0.15) is 4.21 Å². The highest BCUT2D eigenvalue weighted by atomic mass is 32.2. The van der Waals surface area contributed by atoms with Crippen molar-refractivity contribution in [1.29, 1.82) is 0 Å². The zero-order valence-electron chi connectivity index (χ0n) is 15.7. The van der Waals surface area contributed by atoms with Crippen molar-refractivity contribution < 1.29 is 16.8 Å². The molecule has 152 valence electrons. The molecule has 6 nitrogen and oxygen atoms in total. The third-order valence-corrected chi connectivity index (χ3v) is 9.47. The van der Waals surface area contributed by atoms with Crippen molar-refractivity contribution >= 4 is 37.1 Å². The Hall–Kier alpha value is -2.20. The molecule has 0 amide bonds. The Bertz CT molecular complexity index is 1230. The molecule has 2 heterocycles. The van der Waals surface area contributed by atoms with Gasteiger partial charge in [-0.15, -0.1) is 11.3 Å². The van der Waals surface area contributed by atoms with Crippen LogP contribution in [0.4, 0.5) is 5.69 Å². The number of thiophene rings is 1. The topological polar surface area (TPSA) is 83.6 Å². The maximum Gasteiger partial charge on any atom is 0.261 e. The van der Waals surface area contributed by atoms with E-state index in [2.05, 4.69) is 4.72 Å². The van der Waals surface area contributed by atoms with E-state index in [1.165, 1.54) is 15.6 Å². The van der Waals surface area contributed by atoms with E-state index in [4.69, 9.17) is 0 Å². The van der Waals surface area contributed by atoms with Crippen molar-refractivity contribution in [2.45, 2.75) is 29.0 Å². The molecule has 0 aliphatic carbocycles. The molecule has 0 unspecified atom stereocenters. The van der Waals surface area contributed by atoms with Crippen LogP contribution in [0.5, 0.6) is 0 Å². The van der Waals surface area contributed by atoms with E-state index < -0.39 is 20.0 Å². The number of sulfonamides is 2. The highest BCUT2D eigenvalue weighted by molar-refractivity contribution is 7.92. The van der Waals surface area contributed by atoms with Gasteiger partial charge in [-0.2, -0.15) is 4.31 Å². The third-order valence-electron chi connectivity index (χ3n) is 4.86. The summed E-state index contributed by atoms with van der Waals surface area (Å²) < 4.78 is 55.3. The molecule has 0 saturated carbocycles. The van der Waals surface area contributed by atoms with Crippen LogP contribution in [0.1, 0.15) is 16.7 Å². The number of fused-ring (bicyclic) bond motifs is 1. The number of anilines is 1. The minimum atomic E-state index is -3.71. The molecule has 1 aliphatic heterocycles. The van der Waals surface area contributed by atoms with Crippen molar-refractivity contribution in [3.05, 3.63) is 76.7 Å². The van der Waals surface area contributed by atoms with E-state index in [-0.39, 0.29) is 11.4 Å². The van der Waals surface area contributed by atoms with Crippen LogP contribution < -0.4 is 4.72 Å². The number of hydrogen-bond acceptors (Lipinski definition) is 5. The summed E-state index contributed by atoms with van der Waals surface area (Å²) in [5.74, 6) is 0. The molecule has 0 radical (unpaired) electrons. The molecule has 1 aromatic heterocycles. The Labute approximate surface area is 174 Å². The Balaban J connectivity index is 1.58. The summed E-state index contributed by atoms with van der Waals surface area (Å²) in [5.41, 5.74) is 3.23. The van der Waals surface area contributed by atoms with Crippen molar-refractivity contribution in [2.24, 2.45) is 0 Å². The smallest absolute Gasteiger partial charge is 0.261 e. The molecule has 1 aliphatic rings. The second kappa shape index (κ2) is 7.56. The summed E-state index contributed by atoms with van der Waals surface area (Å²) in [7, 11) is -7.26. The Kier molecular flexibility index (Phi) is 5.24. The lowest BCUT2D eigenvalue weighted by molar-refractivity contribution is 0.392. The first-order chi connectivity index (χ1) is 13.8. The lowest BCUT2D eigenvalue weighted by atomic mass is 10.0. The van der Waals surface area contributed by atoms with E-state index in [0.717, 1.165) is 16.7 Å². The van der Waals surface area contributed by atoms with Gasteiger partial charge in [0.05, 0.1) is 4.90 Å². The maximum absolute atomic E-state index is 12.8. The second-order valence-electron chi connectivity index (χ2n) is 6.92. The van der Waals surface area contributed by atoms with Gasteiger partial charge in [0.15, 0.2) is 0 Å². The zero-order valence-corrected chi connectivity index (χ0v) is 18.1. The average molecular weight is 449 g/mol. The largest absolute Gasteiger partial charge is 0.280 e. The number of hydrogen-bond donors (Lipinski definition) is 1. The molecule has 0 saturated heterocycles. The van der Waals surface area contributed by atoms with Crippen LogP contribution in [0.15, 0.2) is 69.1 Å². The standard InChI is InChI=1S/C20H20N2O4S3/c1-15-4-8-19(9-5-15)28(23,24)21-18-7-6-16-10-11-22(14-17(16)13-18)29(25,26)20-3-2-12-27-20/h2-9,12-13,21H,10-11,14H2,1H3. The van der Waals surface area contributed by atoms with Crippen molar-refractivity contribution in [1.82, 2.24) is 4.31 Å². The molecule has 1 N–H and O–H groups in total. The van der Waals surface area contributed by atoms with Crippen LogP contribution >= 0.6 is 11.3 Å². The summed E-state index contributed by atoms with van der Waals surface area (Å²) in [6.07, 6.45) is 0.588. The SMILES string of the molecule is Cc1ccc(S(=O)(=O)Nc2ccc3c(c2)CN(S(=O)(=O)c2cccs2)CC3)cc1. The van der Waals surface area contributed by atoms with Gasteiger partial charge >= 0.3 is 0 Å². The van der Waals surface area contributed by atoms with Crippen molar-refractivity contribution in [2.75, 3.05) is 11.3 Å². The molecule has 0 fully saturated rings.